The molecule has 0 radical (unpaired) electrons. The summed E-state index contributed by atoms with van der Waals surface area (Å²) >= 11 is 0. The van der Waals surface area contributed by atoms with E-state index in [2.05, 4.69) is 0 Å². The SMILES string of the molecule is CCCC(=O)/C(C=O)=C1/C(=O)N(Cc2ccccc2)c2ccccc21. The van der Waals surface area contributed by atoms with Crippen LogP contribution < -0.4 is 4.90 Å². The number of nitrogens with zero attached hydrogens (tertiary/aromatic N) is 1. The van der Waals surface area contributed by atoms with E-state index in [1.165, 1.54) is 0 Å². The van der Waals surface area contributed by atoms with Crippen molar-refractivity contribution in [2.45, 2.75) is 26.3 Å². The number of fused-ring (bicyclic) bond motifs is 1. The zero-order valence-corrected chi connectivity index (χ0v) is 14.1. The van der Waals surface area contributed by atoms with Gasteiger partial charge in [-0.3, -0.25) is 14.4 Å². The molecule has 126 valence electrons. The first kappa shape index (κ1) is 16.8. The second-order valence-electron chi connectivity index (χ2n) is 5.97. The Kier molecular flexibility index (Phi) is 4.89. The van der Waals surface area contributed by atoms with Crippen LogP contribution >= 0.6 is 0 Å². The number of carbonyl (C=O) groups excluding carboxylic acids is 3. The maximum Gasteiger partial charge on any atom is 0.260 e. The molecule has 1 heterocycles. The molecule has 0 spiro atoms. The van der Waals surface area contributed by atoms with Crippen molar-refractivity contribution in [1.82, 2.24) is 0 Å². The van der Waals surface area contributed by atoms with Gasteiger partial charge in [0.25, 0.3) is 5.91 Å². The average molecular weight is 333 g/mol. The Balaban J connectivity index is 2.09. The van der Waals surface area contributed by atoms with Crippen molar-refractivity contribution in [3.05, 3.63) is 71.3 Å². The van der Waals surface area contributed by atoms with Crippen LogP contribution in [0.5, 0.6) is 0 Å². The number of hydrogen-bond donors (Lipinski definition) is 0. The zero-order valence-electron chi connectivity index (χ0n) is 14.1. The summed E-state index contributed by atoms with van der Waals surface area (Å²) < 4.78 is 0. The quantitative estimate of drug-likeness (QED) is 0.351. The number of rotatable bonds is 6. The molecule has 0 saturated heterocycles. The zero-order chi connectivity index (χ0) is 17.8. The van der Waals surface area contributed by atoms with E-state index in [0.717, 1.165) is 11.3 Å². The second-order valence-corrected chi connectivity index (χ2v) is 5.97. The summed E-state index contributed by atoms with van der Waals surface area (Å²) in [6.45, 7) is 2.27. The summed E-state index contributed by atoms with van der Waals surface area (Å²) in [5, 5.41) is 0. The summed E-state index contributed by atoms with van der Waals surface area (Å²) in [5.74, 6) is -0.575. The molecular formula is C21H19NO3. The van der Waals surface area contributed by atoms with Crippen molar-refractivity contribution in [2.75, 3.05) is 4.90 Å². The molecule has 0 saturated carbocycles. The van der Waals surface area contributed by atoms with Crippen LogP contribution in [0.4, 0.5) is 5.69 Å². The fourth-order valence-corrected chi connectivity index (χ4v) is 3.09. The molecule has 3 rings (SSSR count). The van der Waals surface area contributed by atoms with E-state index in [9.17, 15) is 14.4 Å². The molecule has 2 aromatic rings. The maximum atomic E-state index is 13.0. The van der Waals surface area contributed by atoms with Crippen LogP contribution in [-0.4, -0.2) is 18.0 Å². The van der Waals surface area contributed by atoms with Gasteiger partial charge in [-0.15, -0.1) is 0 Å². The lowest BCUT2D eigenvalue weighted by molar-refractivity contribution is -0.118. The molecule has 1 amide bonds. The first-order valence-electron chi connectivity index (χ1n) is 8.35. The number of Topliss-reactive ketones (excluding diaryl/α,β-unsaturated/α-hetero) is 1. The Morgan fingerprint density at radius 2 is 1.72 bits per heavy atom. The number of hydrogen-bond acceptors (Lipinski definition) is 3. The largest absolute Gasteiger partial charge is 0.303 e. The van der Waals surface area contributed by atoms with E-state index < -0.39 is 0 Å². The molecule has 0 bridgehead atoms. The fourth-order valence-electron chi connectivity index (χ4n) is 3.09. The lowest BCUT2D eigenvalue weighted by Crippen LogP contribution is -2.26. The maximum absolute atomic E-state index is 13.0. The monoisotopic (exact) mass is 333 g/mol. The highest BCUT2D eigenvalue weighted by Gasteiger charge is 2.35. The van der Waals surface area contributed by atoms with Crippen LogP contribution in [0.25, 0.3) is 5.57 Å². The van der Waals surface area contributed by atoms with Crippen LogP contribution in [0.3, 0.4) is 0 Å². The van der Waals surface area contributed by atoms with Crippen LogP contribution in [0.2, 0.25) is 0 Å². The topological polar surface area (TPSA) is 54.5 Å². The van der Waals surface area contributed by atoms with E-state index in [1.54, 1.807) is 11.0 Å². The molecule has 2 aromatic carbocycles. The number of anilines is 1. The van der Waals surface area contributed by atoms with Crippen molar-refractivity contribution < 1.29 is 14.4 Å². The lowest BCUT2D eigenvalue weighted by Gasteiger charge is -2.17. The van der Waals surface area contributed by atoms with E-state index >= 15 is 0 Å². The highest BCUT2D eigenvalue weighted by atomic mass is 16.2. The number of ketones is 1. The Labute approximate surface area is 146 Å². The molecule has 1 aliphatic rings. The fraction of sp³-hybridized carbons (Fsp3) is 0.190. The minimum absolute atomic E-state index is 0.0186. The van der Waals surface area contributed by atoms with Gasteiger partial charge in [0.05, 0.1) is 23.4 Å². The second kappa shape index (κ2) is 7.26. The summed E-state index contributed by atoms with van der Waals surface area (Å²) in [5.41, 5.74) is 2.57. The molecule has 0 N–H and O–H groups in total. The van der Waals surface area contributed by atoms with Gasteiger partial charge in [0.1, 0.15) is 0 Å². The number of benzene rings is 2. The molecule has 1 aliphatic heterocycles. The first-order valence-corrected chi connectivity index (χ1v) is 8.35. The smallest absolute Gasteiger partial charge is 0.260 e. The Hall–Kier alpha value is -3.01. The van der Waals surface area contributed by atoms with Crippen molar-refractivity contribution in [3.8, 4) is 0 Å². The van der Waals surface area contributed by atoms with E-state index in [1.807, 2.05) is 55.5 Å². The van der Waals surface area contributed by atoms with Crippen LogP contribution in [0.15, 0.2) is 60.2 Å². The number of amides is 1. The first-order chi connectivity index (χ1) is 12.2. The summed E-state index contributed by atoms with van der Waals surface area (Å²) in [4.78, 5) is 38.6. The molecule has 0 aliphatic carbocycles. The van der Waals surface area contributed by atoms with Crippen LogP contribution in [0, 0.1) is 0 Å². The lowest BCUT2D eigenvalue weighted by atomic mass is 9.97. The number of carbonyl (C=O) groups is 3. The highest BCUT2D eigenvalue weighted by molar-refractivity contribution is 6.40. The average Bonchev–Trinajstić information content (AvgIpc) is 2.90. The molecule has 0 atom stereocenters. The van der Waals surface area contributed by atoms with E-state index in [4.69, 9.17) is 0 Å². The van der Waals surface area contributed by atoms with Crippen LogP contribution in [0.1, 0.15) is 30.9 Å². The third-order valence-electron chi connectivity index (χ3n) is 4.27. The number of allylic oxidation sites excluding steroid dienone is 1. The Morgan fingerprint density at radius 1 is 1.04 bits per heavy atom. The van der Waals surface area contributed by atoms with Crippen molar-refractivity contribution >= 4 is 29.2 Å². The molecule has 0 fully saturated rings. The van der Waals surface area contributed by atoms with E-state index in [-0.39, 0.29) is 29.3 Å². The standard InChI is InChI=1S/C21H19NO3/c1-2-8-19(24)17(14-23)20-16-11-6-7-12-18(16)22(21(20)25)13-15-9-4-3-5-10-15/h3-7,9-12,14H,2,8,13H2,1H3/b20-17+. The number of aldehydes is 1. The summed E-state index contributed by atoms with van der Waals surface area (Å²) in [6.07, 6.45) is 1.41. The Morgan fingerprint density at radius 3 is 2.40 bits per heavy atom. The van der Waals surface area contributed by atoms with Crippen molar-refractivity contribution in [2.24, 2.45) is 0 Å². The van der Waals surface area contributed by atoms with Gasteiger partial charge in [0.15, 0.2) is 12.1 Å². The van der Waals surface area contributed by atoms with Gasteiger partial charge in [0, 0.05) is 12.0 Å². The van der Waals surface area contributed by atoms with Gasteiger partial charge < -0.3 is 4.90 Å². The van der Waals surface area contributed by atoms with Gasteiger partial charge in [0.2, 0.25) is 0 Å². The van der Waals surface area contributed by atoms with Gasteiger partial charge in [-0.2, -0.15) is 0 Å². The summed E-state index contributed by atoms with van der Waals surface area (Å²) in [7, 11) is 0. The number of para-hydroxylation sites is 1. The molecule has 0 aromatic heterocycles. The van der Waals surface area contributed by atoms with Gasteiger partial charge in [-0.1, -0.05) is 55.5 Å². The van der Waals surface area contributed by atoms with Gasteiger partial charge >= 0.3 is 0 Å². The summed E-state index contributed by atoms with van der Waals surface area (Å²) in [6, 6.07) is 16.9. The Bertz CT molecular complexity index is 852. The normalized spacial score (nSPS) is 15.1. The third-order valence-corrected chi connectivity index (χ3v) is 4.27. The van der Waals surface area contributed by atoms with Gasteiger partial charge in [-0.05, 0) is 18.1 Å². The predicted molar refractivity (Wildman–Crippen MR) is 97.0 cm³/mol. The minimum atomic E-state index is -0.295. The van der Waals surface area contributed by atoms with Gasteiger partial charge in [-0.25, -0.2) is 0 Å². The molecule has 4 heteroatoms. The predicted octanol–water partition coefficient (Wildman–Crippen LogP) is 3.56. The van der Waals surface area contributed by atoms with Crippen LogP contribution in [-0.2, 0) is 20.9 Å². The van der Waals surface area contributed by atoms with Crippen molar-refractivity contribution in [3.63, 3.8) is 0 Å². The molecule has 0 unspecified atom stereocenters. The third kappa shape index (κ3) is 3.15. The molecule has 4 nitrogen and oxygen atoms in total. The van der Waals surface area contributed by atoms with Crippen molar-refractivity contribution in [1.29, 1.82) is 0 Å². The molecule has 25 heavy (non-hydrogen) atoms. The van der Waals surface area contributed by atoms with E-state index in [0.29, 0.717) is 24.8 Å². The highest BCUT2D eigenvalue weighted by Crippen LogP contribution is 2.39. The molecular weight excluding hydrogens is 314 g/mol. The minimum Gasteiger partial charge on any atom is -0.303 e.